The van der Waals surface area contributed by atoms with Gasteiger partial charge in [-0.25, -0.2) is 4.98 Å². The quantitative estimate of drug-likeness (QED) is 0.878. The van der Waals surface area contributed by atoms with Crippen LogP contribution in [0.3, 0.4) is 0 Å². The average Bonchev–Trinajstić information content (AvgIpc) is 2.39. The first-order chi connectivity index (χ1) is 8.24. The Morgan fingerprint density at radius 3 is 2.59 bits per heavy atom. The first kappa shape index (κ1) is 11.6. The Bertz CT molecular complexity index is 506. The minimum absolute atomic E-state index is 0.571. The molecule has 0 radical (unpaired) electrons. The molecule has 0 unspecified atom stereocenters. The largest absolute Gasteiger partial charge is 0.481 e. The molecular weight excluding hydrogens is 212 g/mol. The molecule has 0 aliphatic carbocycles. The van der Waals surface area contributed by atoms with Crippen LogP contribution < -0.4 is 10.5 Å². The molecule has 2 N–H and O–H groups in total. The Hall–Kier alpha value is -1.87. The van der Waals surface area contributed by atoms with Gasteiger partial charge in [0.1, 0.15) is 0 Å². The Morgan fingerprint density at radius 2 is 2.06 bits per heavy atom. The third-order valence-electron chi connectivity index (χ3n) is 2.78. The highest BCUT2D eigenvalue weighted by Gasteiger charge is 2.03. The van der Waals surface area contributed by atoms with Gasteiger partial charge in [0, 0.05) is 24.4 Å². The van der Waals surface area contributed by atoms with E-state index in [4.69, 9.17) is 10.5 Å². The van der Waals surface area contributed by atoms with Gasteiger partial charge in [0.15, 0.2) is 0 Å². The van der Waals surface area contributed by atoms with Crippen LogP contribution in [0.4, 0.5) is 0 Å². The van der Waals surface area contributed by atoms with Crippen molar-refractivity contribution >= 4 is 0 Å². The summed E-state index contributed by atoms with van der Waals surface area (Å²) in [6.07, 6.45) is 1.82. The van der Waals surface area contributed by atoms with Crippen LogP contribution in [0.15, 0.2) is 36.5 Å². The summed E-state index contributed by atoms with van der Waals surface area (Å²) in [7, 11) is 1.61. The van der Waals surface area contributed by atoms with Crippen molar-refractivity contribution in [2.45, 2.75) is 13.5 Å². The van der Waals surface area contributed by atoms with E-state index in [1.165, 1.54) is 11.1 Å². The SMILES string of the molecule is COc1ccc(-c2ccc(CN)cc2C)cn1. The van der Waals surface area contributed by atoms with Gasteiger partial charge in [-0.1, -0.05) is 18.2 Å². The lowest BCUT2D eigenvalue weighted by Crippen LogP contribution is -1.97. The number of hydrogen-bond acceptors (Lipinski definition) is 3. The molecule has 1 aromatic heterocycles. The summed E-state index contributed by atoms with van der Waals surface area (Å²) in [5.41, 5.74) is 10.2. The van der Waals surface area contributed by atoms with E-state index in [0.29, 0.717) is 12.4 Å². The second-order valence-electron chi connectivity index (χ2n) is 3.94. The summed E-state index contributed by atoms with van der Waals surface area (Å²) in [5, 5.41) is 0. The second-order valence-corrected chi connectivity index (χ2v) is 3.94. The van der Waals surface area contributed by atoms with Crippen molar-refractivity contribution in [3.05, 3.63) is 47.7 Å². The highest BCUT2D eigenvalue weighted by molar-refractivity contribution is 5.67. The number of pyridine rings is 1. The van der Waals surface area contributed by atoms with Gasteiger partial charge < -0.3 is 10.5 Å². The monoisotopic (exact) mass is 228 g/mol. The maximum absolute atomic E-state index is 5.62. The van der Waals surface area contributed by atoms with Crippen molar-refractivity contribution in [3.63, 3.8) is 0 Å². The van der Waals surface area contributed by atoms with Crippen LogP contribution in [0.5, 0.6) is 5.88 Å². The fourth-order valence-electron chi connectivity index (χ4n) is 1.84. The van der Waals surface area contributed by atoms with Gasteiger partial charge in [0.2, 0.25) is 5.88 Å². The fraction of sp³-hybridized carbons (Fsp3) is 0.214. The predicted octanol–water partition coefficient (Wildman–Crippen LogP) is 2.52. The second kappa shape index (κ2) is 4.97. The van der Waals surface area contributed by atoms with Gasteiger partial charge in [-0.3, -0.25) is 0 Å². The van der Waals surface area contributed by atoms with Crippen LogP contribution in [-0.2, 0) is 6.54 Å². The van der Waals surface area contributed by atoms with E-state index in [1.807, 2.05) is 24.4 Å². The molecule has 88 valence electrons. The van der Waals surface area contributed by atoms with Crippen LogP contribution in [0.2, 0.25) is 0 Å². The zero-order valence-corrected chi connectivity index (χ0v) is 10.1. The number of rotatable bonds is 3. The number of aromatic nitrogens is 1. The third-order valence-corrected chi connectivity index (χ3v) is 2.78. The van der Waals surface area contributed by atoms with Crippen LogP contribution >= 0.6 is 0 Å². The highest BCUT2D eigenvalue weighted by atomic mass is 16.5. The topological polar surface area (TPSA) is 48.1 Å². The van der Waals surface area contributed by atoms with E-state index in [2.05, 4.69) is 24.0 Å². The number of aryl methyl sites for hydroxylation is 1. The number of nitrogens with zero attached hydrogens (tertiary/aromatic N) is 1. The van der Waals surface area contributed by atoms with Crippen molar-refractivity contribution in [2.24, 2.45) is 5.73 Å². The van der Waals surface area contributed by atoms with Crippen molar-refractivity contribution < 1.29 is 4.74 Å². The first-order valence-electron chi connectivity index (χ1n) is 5.54. The lowest BCUT2D eigenvalue weighted by Gasteiger charge is -2.08. The van der Waals surface area contributed by atoms with Crippen molar-refractivity contribution in [2.75, 3.05) is 7.11 Å². The van der Waals surface area contributed by atoms with E-state index in [0.717, 1.165) is 11.1 Å². The molecule has 17 heavy (non-hydrogen) atoms. The number of nitrogens with two attached hydrogens (primary N) is 1. The summed E-state index contributed by atoms with van der Waals surface area (Å²) in [6.45, 7) is 2.65. The zero-order chi connectivity index (χ0) is 12.3. The van der Waals surface area contributed by atoms with Crippen molar-refractivity contribution in [1.82, 2.24) is 4.98 Å². The van der Waals surface area contributed by atoms with Gasteiger partial charge in [0.05, 0.1) is 7.11 Å². The summed E-state index contributed by atoms with van der Waals surface area (Å²) in [4.78, 5) is 4.21. The number of methoxy groups -OCH3 is 1. The predicted molar refractivity (Wildman–Crippen MR) is 68.9 cm³/mol. The molecule has 0 amide bonds. The maximum Gasteiger partial charge on any atom is 0.212 e. The fourth-order valence-corrected chi connectivity index (χ4v) is 1.84. The van der Waals surface area contributed by atoms with E-state index in [1.54, 1.807) is 7.11 Å². The van der Waals surface area contributed by atoms with Crippen LogP contribution in [0.1, 0.15) is 11.1 Å². The van der Waals surface area contributed by atoms with Gasteiger partial charge in [0.25, 0.3) is 0 Å². The molecule has 0 bridgehead atoms. The highest BCUT2D eigenvalue weighted by Crippen LogP contribution is 2.24. The van der Waals surface area contributed by atoms with Gasteiger partial charge in [-0.05, 0) is 29.7 Å². The van der Waals surface area contributed by atoms with Crippen LogP contribution in [-0.4, -0.2) is 12.1 Å². The molecule has 0 spiro atoms. The molecule has 0 aliphatic rings. The molecule has 0 atom stereocenters. The van der Waals surface area contributed by atoms with Gasteiger partial charge >= 0.3 is 0 Å². The van der Waals surface area contributed by atoms with Crippen molar-refractivity contribution in [1.29, 1.82) is 0 Å². The summed E-state index contributed by atoms with van der Waals surface area (Å²) >= 11 is 0. The summed E-state index contributed by atoms with van der Waals surface area (Å²) in [6, 6.07) is 10.1. The summed E-state index contributed by atoms with van der Waals surface area (Å²) in [5.74, 6) is 0.630. The lowest BCUT2D eigenvalue weighted by atomic mass is 10.00. The number of hydrogen-bond donors (Lipinski definition) is 1. The third kappa shape index (κ3) is 2.45. The Kier molecular flexibility index (Phi) is 3.40. The molecule has 3 nitrogen and oxygen atoms in total. The molecule has 2 rings (SSSR count). The minimum Gasteiger partial charge on any atom is -0.481 e. The van der Waals surface area contributed by atoms with E-state index >= 15 is 0 Å². The Balaban J connectivity index is 2.38. The van der Waals surface area contributed by atoms with Gasteiger partial charge in [-0.15, -0.1) is 0 Å². The van der Waals surface area contributed by atoms with Crippen LogP contribution in [0.25, 0.3) is 11.1 Å². The average molecular weight is 228 g/mol. The maximum atomic E-state index is 5.62. The molecule has 0 fully saturated rings. The molecule has 1 aromatic carbocycles. The first-order valence-corrected chi connectivity index (χ1v) is 5.54. The van der Waals surface area contributed by atoms with Gasteiger partial charge in [-0.2, -0.15) is 0 Å². The minimum atomic E-state index is 0.571. The Labute approximate surface area is 101 Å². The number of ether oxygens (including phenoxy) is 1. The zero-order valence-electron chi connectivity index (χ0n) is 10.1. The number of benzene rings is 1. The lowest BCUT2D eigenvalue weighted by molar-refractivity contribution is 0.398. The smallest absolute Gasteiger partial charge is 0.212 e. The summed E-state index contributed by atoms with van der Waals surface area (Å²) < 4.78 is 5.04. The molecule has 3 heteroatoms. The molecule has 0 aliphatic heterocycles. The molecule has 0 saturated carbocycles. The normalized spacial score (nSPS) is 10.3. The van der Waals surface area contributed by atoms with E-state index < -0.39 is 0 Å². The molecule has 1 heterocycles. The van der Waals surface area contributed by atoms with E-state index in [9.17, 15) is 0 Å². The molecule has 2 aromatic rings. The van der Waals surface area contributed by atoms with E-state index in [-0.39, 0.29) is 0 Å². The molecule has 0 saturated heterocycles. The standard InChI is InChI=1S/C14H16N2O/c1-10-7-11(8-15)3-5-13(10)12-4-6-14(17-2)16-9-12/h3-7,9H,8,15H2,1-2H3. The molecular formula is C14H16N2O. The Morgan fingerprint density at radius 1 is 1.24 bits per heavy atom. The van der Waals surface area contributed by atoms with Crippen molar-refractivity contribution in [3.8, 4) is 17.0 Å². The van der Waals surface area contributed by atoms with Crippen LogP contribution in [0, 0.1) is 6.92 Å².